The summed E-state index contributed by atoms with van der Waals surface area (Å²) < 4.78 is 6.07. The van der Waals surface area contributed by atoms with Crippen molar-refractivity contribution >= 4 is 5.91 Å². The lowest BCUT2D eigenvalue weighted by Gasteiger charge is -2.32. The van der Waals surface area contributed by atoms with Crippen LogP contribution in [0.3, 0.4) is 0 Å². The number of primary amides is 1. The Morgan fingerprint density at radius 2 is 2.11 bits per heavy atom. The number of benzene rings is 1. The van der Waals surface area contributed by atoms with Crippen LogP contribution in [0.2, 0.25) is 0 Å². The lowest BCUT2D eigenvalue weighted by molar-refractivity contribution is 0.0970. The van der Waals surface area contributed by atoms with E-state index in [1.807, 2.05) is 26.1 Å². The highest BCUT2D eigenvalue weighted by molar-refractivity contribution is 5.95. The van der Waals surface area contributed by atoms with Crippen LogP contribution in [0.25, 0.3) is 0 Å². The zero-order valence-electron chi connectivity index (χ0n) is 11.6. The summed E-state index contributed by atoms with van der Waals surface area (Å²) in [5.41, 5.74) is 6.93. The van der Waals surface area contributed by atoms with E-state index in [1.165, 1.54) is 12.8 Å². The molecule has 0 radical (unpaired) electrons. The molecule has 2 rings (SSSR count). The van der Waals surface area contributed by atoms with Crippen LogP contribution in [0.15, 0.2) is 18.2 Å². The molecule has 2 unspecified atom stereocenters. The molecule has 1 saturated carbocycles. The fraction of sp³-hybridized carbons (Fsp3) is 0.533. The second-order valence-electron chi connectivity index (χ2n) is 5.20. The molecule has 0 saturated heterocycles. The summed E-state index contributed by atoms with van der Waals surface area (Å²) in [5, 5.41) is 3.30. The molecular formula is C15H22N2O2. The third-order valence-electron chi connectivity index (χ3n) is 3.75. The largest absolute Gasteiger partial charge is 0.488 e. The smallest absolute Gasteiger partial charge is 0.252 e. The number of amides is 1. The van der Waals surface area contributed by atoms with Crippen molar-refractivity contribution in [3.05, 3.63) is 29.3 Å². The molecule has 0 aromatic heterocycles. The number of hydrogen-bond donors (Lipinski definition) is 2. The Kier molecular flexibility index (Phi) is 4.43. The number of carbonyl (C=O) groups excluding carboxylic acids is 1. The zero-order chi connectivity index (χ0) is 13.8. The van der Waals surface area contributed by atoms with Gasteiger partial charge >= 0.3 is 0 Å². The summed E-state index contributed by atoms with van der Waals surface area (Å²) in [5.74, 6) is 0.173. The first-order valence-corrected chi connectivity index (χ1v) is 6.86. The fourth-order valence-electron chi connectivity index (χ4n) is 2.66. The van der Waals surface area contributed by atoms with E-state index >= 15 is 0 Å². The Hall–Kier alpha value is -1.55. The monoisotopic (exact) mass is 262 g/mol. The van der Waals surface area contributed by atoms with E-state index in [1.54, 1.807) is 6.07 Å². The Labute approximate surface area is 114 Å². The first-order valence-electron chi connectivity index (χ1n) is 6.86. The molecule has 1 amide bonds. The number of ether oxygens (including phenoxy) is 1. The Morgan fingerprint density at radius 1 is 1.37 bits per heavy atom. The first kappa shape index (κ1) is 13.9. The maximum Gasteiger partial charge on any atom is 0.252 e. The molecule has 1 aromatic rings. The van der Waals surface area contributed by atoms with Gasteiger partial charge in [-0.25, -0.2) is 0 Å². The molecule has 0 aliphatic heterocycles. The summed E-state index contributed by atoms with van der Waals surface area (Å²) >= 11 is 0. The molecule has 3 N–H and O–H groups in total. The quantitative estimate of drug-likeness (QED) is 0.872. The van der Waals surface area contributed by atoms with Gasteiger partial charge in [0, 0.05) is 6.04 Å². The van der Waals surface area contributed by atoms with Gasteiger partial charge in [0.1, 0.15) is 11.9 Å². The average Bonchev–Trinajstić information content (AvgIpc) is 2.39. The van der Waals surface area contributed by atoms with Crippen LogP contribution < -0.4 is 15.8 Å². The van der Waals surface area contributed by atoms with Crippen molar-refractivity contribution in [1.82, 2.24) is 5.32 Å². The predicted octanol–water partition coefficient (Wildman–Crippen LogP) is 2.00. The topological polar surface area (TPSA) is 64.3 Å². The highest BCUT2D eigenvalue weighted by Gasteiger charge is 2.26. The molecule has 1 aliphatic carbocycles. The number of hydrogen-bond acceptors (Lipinski definition) is 3. The number of rotatable bonds is 4. The lowest BCUT2D eigenvalue weighted by Crippen LogP contribution is -2.43. The van der Waals surface area contributed by atoms with Crippen molar-refractivity contribution in [2.24, 2.45) is 5.73 Å². The molecule has 0 bridgehead atoms. The first-order chi connectivity index (χ1) is 9.11. The summed E-state index contributed by atoms with van der Waals surface area (Å²) in [6, 6.07) is 5.85. The van der Waals surface area contributed by atoms with Gasteiger partial charge < -0.3 is 15.8 Å². The molecule has 4 nitrogen and oxygen atoms in total. The van der Waals surface area contributed by atoms with E-state index in [9.17, 15) is 4.79 Å². The Bertz CT molecular complexity index is 459. The minimum atomic E-state index is -0.438. The van der Waals surface area contributed by atoms with Gasteiger partial charge in [-0.1, -0.05) is 12.5 Å². The maximum atomic E-state index is 11.5. The van der Waals surface area contributed by atoms with Gasteiger partial charge in [-0.05, 0) is 50.9 Å². The van der Waals surface area contributed by atoms with Gasteiger partial charge in [0.25, 0.3) is 5.91 Å². The average molecular weight is 262 g/mol. The molecule has 0 spiro atoms. The molecule has 1 aliphatic rings. The van der Waals surface area contributed by atoms with Crippen LogP contribution in [-0.2, 0) is 0 Å². The summed E-state index contributed by atoms with van der Waals surface area (Å²) in [6.07, 6.45) is 4.62. The van der Waals surface area contributed by atoms with Crippen molar-refractivity contribution < 1.29 is 9.53 Å². The van der Waals surface area contributed by atoms with E-state index in [2.05, 4.69) is 5.32 Å². The summed E-state index contributed by atoms with van der Waals surface area (Å²) in [6.45, 7) is 1.98. The highest BCUT2D eigenvalue weighted by atomic mass is 16.5. The summed E-state index contributed by atoms with van der Waals surface area (Å²) in [4.78, 5) is 11.5. The molecule has 104 valence electrons. The fourth-order valence-corrected chi connectivity index (χ4v) is 2.66. The normalized spacial score (nSPS) is 23.1. The molecule has 4 heteroatoms. The van der Waals surface area contributed by atoms with Crippen LogP contribution in [0.1, 0.15) is 41.6 Å². The van der Waals surface area contributed by atoms with Crippen LogP contribution >= 0.6 is 0 Å². The van der Waals surface area contributed by atoms with Crippen molar-refractivity contribution in [3.8, 4) is 5.75 Å². The molecule has 1 aromatic carbocycles. The minimum Gasteiger partial charge on any atom is -0.488 e. The molecular weight excluding hydrogens is 240 g/mol. The standard InChI is InChI=1S/C15H22N2O2/c1-10-7-8-11(15(16)18)14(9-10)19-13-6-4-3-5-12(13)17-2/h7-9,12-13,17H,3-6H2,1-2H3,(H2,16,18). The lowest BCUT2D eigenvalue weighted by atomic mass is 9.92. The Balaban J connectivity index is 2.21. The highest BCUT2D eigenvalue weighted by Crippen LogP contribution is 2.27. The second-order valence-corrected chi connectivity index (χ2v) is 5.20. The number of carbonyl (C=O) groups is 1. The minimum absolute atomic E-state index is 0.110. The van der Waals surface area contributed by atoms with Crippen LogP contribution in [0, 0.1) is 6.92 Å². The van der Waals surface area contributed by atoms with E-state index in [0.717, 1.165) is 18.4 Å². The predicted molar refractivity (Wildman–Crippen MR) is 75.4 cm³/mol. The van der Waals surface area contributed by atoms with Crippen molar-refractivity contribution in [3.63, 3.8) is 0 Å². The second kappa shape index (κ2) is 6.06. The number of nitrogens with one attached hydrogen (secondary N) is 1. The van der Waals surface area contributed by atoms with E-state index in [0.29, 0.717) is 17.4 Å². The molecule has 19 heavy (non-hydrogen) atoms. The van der Waals surface area contributed by atoms with Crippen LogP contribution in [-0.4, -0.2) is 25.1 Å². The number of nitrogens with two attached hydrogens (primary N) is 1. The van der Waals surface area contributed by atoms with Crippen molar-refractivity contribution in [1.29, 1.82) is 0 Å². The van der Waals surface area contributed by atoms with E-state index in [-0.39, 0.29) is 6.10 Å². The van der Waals surface area contributed by atoms with E-state index in [4.69, 9.17) is 10.5 Å². The van der Waals surface area contributed by atoms with Gasteiger partial charge in [-0.2, -0.15) is 0 Å². The van der Waals surface area contributed by atoms with Crippen molar-refractivity contribution in [2.45, 2.75) is 44.8 Å². The molecule has 0 heterocycles. The maximum absolute atomic E-state index is 11.5. The van der Waals surface area contributed by atoms with E-state index < -0.39 is 5.91 Å². The van der Waals surface area contributed by atoms with Gasteiger partial charge in [0.05, 0.1) is 5.56 Å². The summed E-state index contributed by atoms with van der Waals surface area (Å²) in [7, 11) is 1.96. The SMILES string of the molecule is CNC1CCCCC1Oc1cc(C)ccc1C(N)=O. The van der Waals surface area contributed by atoms with Crippen LogP contribution in [0.4, 0.5) is 0 Å². The third kappa shape index (κ3) is 3.26. The van der Waals surface area contributed by atoms with Gasteiger partial charge in [-0.3, -0.25) is 4.79 Å². The zero-order valence-corrected chi connectivity index (χ0v) is 11.6. The van der Waals surface area contributed by atoms with Crippen LogP contribution in [0.5, 0.6) is 5.75 Å². The van der Waals surface area contributed by atoms with Gasteiger partial charge in [0.2, 0.25) is 0 Å². The molecule has 1 fully saturated rings. The van der Waals surface area contributed by atoms with Gasteiger partial charge in [-0.15, -0.1) is 0 Å². The number of aryl methyl sites for hydroxylation is 1. The van der Waals surface area contributed by atoms with Crippen molar-refractivity contribution in [2.75, 3.05) is 7.05 Å². The third-order valence-corrected chi connectivity index (χ3v) is 3.75. The molecule has 2 atom stereocenters. The number of likely N-dealkylation sites (N-methyl/N-ethyl adjacent to an activating group) is 1. The Morgan fingerprint density at radius 3 is 2.79 bits per heavy atom. The van der Waals surface area contributed by atoms with Gasteiger partial charge in [0.15, 0.2) is 0 Å².